The van der Waals surface area contributed by atoms with Crippen LogP contribution >= 0.6 is 0 Å². The lowest BCUT2D eigenvalue weighted by atomic mass is 10.1. The van der Waals surface area contributed by atoms with Crippen LogP contribution in [0.3, 0.4) is 0 Å². The molecule has 11 heteroatoms. The topological polar surface area (TPSA) is 116 Å². The van der Waals surface area contributed by atoms with Crippen molar-refractivity contribution in [2.75, 3.05) is 17.7 Å². The third-order valence-corrected chi connectivity index (χ3v) is 6.88. The molecular formula is C28H28FN5O5. The van der Waals surface area contributed by atoms with E-state index in [2.05, 4.69) is 10.6 Å². The fourth-order valence-electron chi connectivity index (χ4n) is 4.83. The number of aromatic nitrogens is 3. The van der Waals surface area contributed by atoms with Gasteiger partial charge in [-0.3, -0.25) is 28.1 Å². The molecule has 1 amide bonds. The summed E-state index contributed by atoms with van der Waals surface area (Å²) >= 11 is 0. The molecule has 0 aliphatic heterocycles. The molecule has 4 aromatic rings. The van der Waals surface area contributed by atoms with Gasteiger partial charge < -0.3 is 15.4 Å². The number of hydrogen-bond acceptors (Lipinski definition) is 6. The standard InChI is InChI=1S/C28H28FN5O5/c1-14-6-10-20(19(29)12-14)31-25-23-24(15(2)26(36)32(25)4)33(28(38)34(27(23)37)17-7-8-17)18-9-11-22(39-5)21(13-18)30-16(3)35/h6,9-13,17,31H,7-8H2,1-5H3,(H,30,35). The van der Waals surface area contributed by atoms with Crippen LogP contribution in [-0.4, -0.2) is 26.7 Å². The number of nitrogens with one attached hydrogen (secondary N) is 2. The van der Waals surface area contributed by atoms with E-state index in [0.29, 0.717) is 35.5 Å². The molecule has 2 aromatic carbocycles. The number of hydrogen-bond donors (Lipinski definition) is 2. The number of aryl methyl sites for hydroxylation is 2. The fraction of sp³-hybridized carbons (Fsp3) is 0.286. The zero-order valence-corrected chi connectivity index (χ0v) is 22.2. The van der Waals surface area contributed by atoms with Crippen LogP contribution in [0.1, 0.15) is 36.9 Å². The Morgan fingerprint density at radius 1 is 1.03 bits per heavy atom. The summed E-state index contributed by atoms with van der Waals surface area (Å²) in [4.78, 5) is 53.1. The number of methoxy groups -OCH3 is 1. The van der Waals surface area contributed by atoms with Crippen molar-refractivity contribution < 1.29 is 13.9 Å². The number of fused-ring (bicyclic) bond motifs is 1. The van der Waals surface area contributed by atoms with Gasteiger partial charge >= 0.3 is 5.69 Å². The molecule has 0 saturated heterocycles. The summed E-state index contributed by atoms with van der Waals surface area (Å²) in [5, 5.41) is 5.70. The third kappa shape index (κ3) is 4.39. The Morgan fingerprint density at radius 2 is 1.74 bits per heavy atom. The first-order valence-corrected chi connectivity index (χ1v) is 12.4. The van der Waals surface area contributed by atoms with Crippen LogP contribution < -0.4 is 32.2 Å². The van der Waals surface area contributed by atoms with Gasteiger partial charge in [0.1, 0.15) is 22.8 Å². The second-order valence-corrected chi connectivity index (χ2v) is 9.76. The number of carbonyl (C=O) groups is 1. The van der Waals surface area contributed by atoms with Crippen molar-refractivity contribution in [1.29, 1.82) is 0 Å². The maximum atomic E-state index is 14.9. The van der Waals surface area contributed by atoms with E-state index < -0.39 is 22.6 Å². The Labute approximate surface area is 222 Å². The minimum absolute atomic E-state index is 0.0621. The normalized spacial score (nSPS) is 13.0. The van der Waals surface area contributed by atoms with Gasteiger partial charge in [-0.25, -0.2) is 9.18 Å². The van der Waals surface area contributed by atoms with Gasteiger partial charge in [0.25, 0.3) is 11.1 Å². The molecule has 1 saturated carbocycles. The molecule has 1 aliphatic rings. The van der Waals surface area contributed by atoms with Crippen LogP contribution in [0.25, 0.3) is 16.6 Å². The summed E-state index contributed by atoms with van der Waals surface area (Å²) in [5.41, 5.74) is 0.0190. The minimum atomic E-state index is -0.613. The van der Waals surface area contributed by atoms with Crippen molar-refractivity contribution in [3.8, 4) is 11.4 Å². The number of benzene rings is 2. The summed E-state index contributed by atoms with van der Waals surface area (Å²) < 4.78 is 23.9. The van der Waals surface area contributed by atoms with Gasteiger partial charge in [0.2, 0.25) is 5.91 Å². The first-order valence-electron chi connectivity index (χ1n) is 12.4. The zero-order valence-electron chi connectivity index (χ0n) is 22.2. The molecule has 2 heterocycles. The molecule has 0 unspecified atom stereocenters. The zero-order chi connectivity index (χ0) is 28.2. The highest BCUT2D eigenvalue weighted by molar-refractivity contribution is 5.94. The number of nitrogens with zero attached hydrogens (tertiary/aromatic N) is 3. The quantitative estimate of drug-likeness (QED) is 0.391. The van der Waals surface area contributed by atoms with Crippen LogP contribution in [0, 0.1) is 19.7 Å². The van der Waals surface area contributed by atoms with Gasteiger partial charge in [0, 0.05) is 25.6 Å². The molecule has 0 radical (unpaired) electrons. The van der Waals surface area contributed by atoms with E-state index in [0.717, 1.165) is 0 Å². The maximum absolute atomic E-state index is 14.9. The highest BCUT2D eigenvalue weighted by atomic mass is 19.1. The van der Waals surface area contributed by atoms with Crippen LogP contribution in [-0.2, 0) is 11.8 Å². The largest absolute Gasteiger partial charge is 0.495 e. The number of ether oxygens (including phenoxy) is 1. The van der Waals surface area contributed by atoms with E-state index in [-0.39, 0.29) is 39.9 Å². The Kier molecular flexibility index (Phi) is 6.37. The highest BCUT2D eigenvalue weighted by Crippen LogP contribution is 2.35. The lowest BCUT2D eigenvalue weighted by Gasteiger charge is -2.21. The first-order chi connectivity index (χ1) is 18.5. The van der Waals surface area contributed by atoms with E-state index >= 15 is 0 Å². The van der Waals surface area contributed by atoms with Gasteiger partial charge in [-0.15, -0.1) is 0 Å². The van der Waals surface area contributed by atoms with Crippen molar-refractivity contribution in [2.45, 2.75) is 39.7 Å². The molecule has 2 N–H and O–H groups in total. The van der Waals surface area contributed by atoms with Gasteiger partial charge in [-0.1, -0.05) is 6.07 Å². The van der Waals surface area contributed by atoms with Crippen molar-refractivity contribution in [2.24, 2.45) is 7.05 Å². The second kappa shape index (κ2) is 9.57. The van der Waals surface area contributed by atoms with E-state index in [9.17, 15) is 23.6 Å². The van der Waals surface area contributed by atoms with Crippen molar-refractivity contribution in [3.05, 3.63) is 84.5 Å². The van der Waals surface area contributed by atoms with Crippen LogP contribution in [0.4, 0.5) is 21.6 Å². The fourth-order valence-corrected chi connectivity index (χ4v) is 4.83. The summed E-state index contributed by atoms with van der Waals surface area (Å²) in [6.07, 6.45) is 1.31. The molecule has 5 rings (SSSR count). The average Bonchev–Trinajstić information content (AvgIpc) is 3.71. The molecule has 10 nitrogen and oxygen atoms in total. The van der Waals surface area contributed by atoms with Crippen LogP contribution in [0.5, 0.6) is 5.75 Å². The van der Waals surface area contributed by atoms with Crippen molar-refractivity contribution in [3.63, 3.8) is 0 Å². The van der Waals surface area contributed by atoms with E-state index in [1.165, 1.54) is 53.8 Å². The summed E-state index contributed by atoms with van der Waals surface area (Å²) in [5.74, 6) is -0.469. The second-order valence-electron chi connectivity index (χ2n) is 9.76. The van der Waals surface area contributed by atoms with E-state index in [4.69, 9.17) is 4.74 Å². The van der Waals surface area contributed by atoms with E-state index in [1.54, 1.807) is 31.2 Å². The Hall–Kier alpha value is -4.67. The number of rotatable bonds is 6. The lowest BCUT2D eigenvalue weighted by molar-refractivity contribution is -0.114. The van der Waals surface area contributed by atoms with Crippen molar-refractivity contribution >= 4 is 34.0 Å². The molecule has 202 valence electrons. The highest BCUT2D eigenvalue weighted by Gasteiger charge is 2.31. The number of carbonyl (C=O) groups excluding carboxylic acids is 1. The van der Waals surface area contributed by atoms with Crippen LogP contribution in [0.2, 0.25) is 0 Å². The maximum Gasteiger partial charge on any atom is 0.336 e. The number of anilines is 3. The average molecular weight is 534 g/mol. The van der Waals surface area contributed by atoms with Gasteiger partial charge in [0.05, 0.1) is 29.7 Å². The predicted octanol–water partition coefficient (Wildman–Crippen LogP) is 3.65. The van der Waals surface area contributed by atoms with Crippen LogP contribution in [0.15, 0.2) is 50.8 Å². The predicted molar refractivity (Wildman–Crippen MR) is 147 cm³/mol. The van der Waals surface area contributed by atoms with Gasteiger partial charge in [-0.05, 0) is 62.6 Å². The number of pyridine rings is 1. The minimum Gasteiger partial charge on any atom is -0.495 e. The van der Waals surface area contributed by atoms with Gasteiger partial charge in [0.15, 0.2) is 0 Å². The Bertz CT molecular complexity index is 1850. The molecular weight excluding hydrogens is 505 g/mol. The third-order valence-electron chi connectivity index (χ3n) is 6.88. The molecule has 2 aromatic heterocycles. The lowest BCUT2D eigenvalue weighted by Crippen LogP contribution is -2.41. The van der Waals surface area contributed by atoms with Gasteiger partial charge in [-0.2, -0.15) is 0 Å². The number of amides is 1. The Morgan fingerprint density at radius 3 is 2.36 bits per heavy atom. The van der Waals surface area contributed by atoms with E-state index in [1.807, 2.05) is 0 Å². The monoisotopic (exact) mass is 533 g/mol. The molecule has 1 aliphatic carbocycles. The molecule has 0 atom stereocenters. The first kappa shape index (κ1) is 26.0. The molecule has 39 heavy (non-hydrogen) atoms. The molecule has 0 spiro atoms. The SMILES string of the molecule is COc1ccc(-n2c(=O)n(C3CC3)c(=O)c3c(Nc4ccc(C)cc4F)n(C)c(=O)c(C)c32)cc1NC(C)=O. The number of halogens is 1. The summed E-state index contributed by atoms with van der Waals surface area (Å²) in [6.45, 7) is 4.63. The Balaban J connectivity index is 1.91. The molecule has 1 fully saturated rings. The smallest absolute Gasteiger partial charge is 0.336 e. The molecule has 0 bridgehead atoms. The van der Waals surface area contributed by atoms with Crippen molar-refractivity contribution in [1.82, 2.24) is 13.7 Å². The summed E-state index contributed by atoms with van der Waals surface area (Å²) in [6, 6.07) is 9.02. The summed E-state index contributed by atoms with van der Waals surface area (Å²) in [7, 11) is 2.94.